The SMILES string of the molecule is CCOc1cc(/C=N\NC(=O)CNC(=O)C(c2ccccc2)c2ccccc2)ccc1OC(=O)c1ccccc1. The third-order valence-corrected chi connectivity index (χ3v) is 5.83. The van der Waals surface area contributed by atoms with Gasteiger partial charge in [0.1, 0.15) is 0 Å². The summed E-state index contributed by atoms with van der Waals surface area (Å²) >= 11 is 0. The largest absolute Gasteiger partial charge is 0.490 e. The Balaban J connectivity index is 1.35. The molecule has 0 spiro atoms. The predicted octanol–water partition coefficient (Wildman–Crippen LogP) is 4.70. The third kappa shape index (κ3) is 7.64. The van der Waals surface area contributed by atoms with Gasteiger partial charge in [-0.25, -0.2) is 10.2 Å². The summed E-state index contributed by atoms with van der Waals surface area (Å²) in [6.07, 6.45) is 1.43. The third-order valence-electron chi connectivity index (χ3n) is 5.83. The van der Waals surface area contributed by atoms with E-state index in [4.69, 9.17) is 9.47 Å². The first kappa shape index (κ1) is 27.8. The number of benzene rings is 4. The summed E-state index contributed by atoms with van der Waals surface area (Å²) in [7, 11) is 0. The zero-order chi connectivity index (χ0) is 28.2. The molecule has 0 fully saturated rings. The second-order valence-corrected chi connectivity index (χ2v) is 8.66. The molecule has 40 heavy (non-hydrogen) atoms. The molecule has 4 aromatic rings. The molecule has 0 aliphatic heterocycles. The highest BCUT2D eigenvalue weighted by atomic mass is 16.6. The molecule has 0 radical (unpaired) electrons. The van der Waals surface area contributed by atoms with E-state index in [-0.39, 0.29) is 18.2 Å². The minimum atomic E-state index is -0.551. The van der Waals surface area contributed by atoms with Crippen LogP contribution in [0.2, 0.25) is 0 Å². The molecule has 8 nitrogen and oxygen atoms in total. The van der Waals surface area contributed by atoms with Gasteiger partial charge in [0.05, 0.1) is 30.8 Å². The van der Waals surface area contributed by atoms with E-state index in [1.54, 1.807) is 42.5 Å². The standard InChI is InChI=1S/C32H29N3O5/c1-2-39-28-20-23(18-19-27(28)40-32(38)26-16-10-5-11-17-26)21-34-35-29(36)22-33-31(37)30(24-12-6-3-7-13-24)25-14-8-4-9-15-25/h3-21,30H,2,22H2,1H3,(H,33,37)(H,35,36)/b34-21-. The quantitative estimate of drug-likeness (QED) is 0.125. The summed E-state index contributed by atoms with van der Waals surface area (Å²) in [5.74, 6) is -1.20. The lowest BCUT2D eigenvalue weighted by Gasteiger charge is -2.17. The molecule has 0 atom stereocenters. The van der Waals surface area contributed by atoms with Gasteiger partial charge in [-0.2, -0.15) is 5.10 Å². The van der Waals surface area contributed by atoms with E-state index in [9.17, 15) is 14.4 Å². The van der Waals surface area contributed by atoms with Crippen molar-refractivity contribution in [2.45, 2.75) is 12.8 Å². The molecule has 4 aromatic carbocycles. The zero-order valence-electron chi connectivity index (χ0n) is 21.9. The van der Waals surface area contributed by atoms with Crippen molar-refractivity contribution >= 4 is 24.0 Å². The Morgan fingerprint density at radius 2 is 1.40 bits per heavy atom. The second-order valence-electron chi connectivity index (χ2n) is 8.66. The molecule has 0 saturated heterocycles. The van der Waals surface area contributed by atoms with Crippen molar-refractivity contribution in [3.05, 3.63) is 131 Å². The fourth-order valence-electron chi connectivity index (χ4n) is 3.96. The van der Waals surface area contributed by atoms with Crippen LogP contribution in [0.15, 0.2) is 114 Å². The van der Waals surface area contributed by atoms with Crippen LogP contribution in [0.25, 0.3) is 0 Å². The van der Waals surface area contributed by atoms with Crippen LogP contribution in [0.5, 0.6) is 11.5 Å². The van der Waals surface area contributed by atoms with Gasteiger partial charge in [0.2, 0.25) is 5.91 Å². The summed E-state index contributed by atoms with van der Waals surface area (Å²) in [5, 5.41) is 6.68. The highest BCUT2D eigenvalue weighted by Gasteiger charge is 2.22. The Morgan fingerprint density at radius 1 is 0.800 bits per heavy atom. The maximum atomic E-state index is 13.1. The minimum absolute atomic E-state index is 0.245. The van der Waals surface area contributed by atoms with Gasteiger partial charge >= 0.3 is 5.97 Å². The molecule has 2 amide bonds. The molecule has 0 unspecified atom stereocenters. The first-order chi connectivity index (χ1) is 19.5. The topological polar surface area (TPSA) is 106 Å². The Labute approximate surface area is 232 Å². The first-order valence-corrected chi connectivity index (χ1v) is 12.8. The highest BCUT2D eigenvalue weighted by molar-refractivity contribution is 5.92. The van der Waals surface area contributed by atoms with E-state index in [1.807, 2.05) is 73.7 Å². The fraction of sp³-hybridized carbons (Fsp3) is 0.125. The average Bonchev–Trinajstić information content (AvgIpc) is 2.99. The van der Waals surface area contributed by atoms with Crippen LogP contribution in [0.4, 0.5) is 0 Å². The van der Waals surface area contributed by atoms with Crippen LogP contribution >= 0.6 is 0 Å². The number of carbonyl (C=O) groups is 3. The molecular weight excluding hydrogens is 506 g/mol. The molecule has 8 heteroatoms. The average molecular weight is 536 g/mol. The number of esters is 1. The van der Waals surface area contributed by atoms with Gasteiger partial charge in [0.15, 0.2) is 11.5 Å². The summed E-state index contributed by atoms with van der Waals surface area (Å²) in [4.78, 5) is 37.9. The zero-order valence-corrected chi connectivity index (χ0v) is 21.9. The molecule has 4 rings (SSSR count). The maximum Gasteiger partial charge on any atom is 0.343 e. The van der Waals surface area contributed by atoms with Crippen LogP contribution in [0, 0.1) is 0 Å². The second kappa shape index (κ2) is 14.1. The van der Waals surface area contributed by atoms with Crippen LogP contribution in [0.3, 0.4) is 0 Å². The highest BCUT2D eigenvalue weighted by Crippen LogP contribution is 2.29. The molecule has 0 aliphatic rings. The molecule has 0 aromatic heterocycles. The molecule has 0 heterocycles. The number of ether oxygens (including phenoxy) is 2. The first-order valence-electron chi connectivity index (χ1n) is 12.8. The number of nitrogens with zero attached hydrogens (tertiary/aromatic N) is 1. The van der Waals surface area contributed by atoms with Crippen molar-refractivity contribution in [1.82, 2.24) is 10.7 Å². The van der Waals surface area contributed by atoms with Crippen molar-refractivity contribution < 1.29 is 23.9 Å². The van der Waals surface area contributed by atoms with Gasteiger partial charge < -0.3 is 14.8 Å². The molecule has 0 saturated carbocycles. The van der Waals surface area contributed by atoms with Crippen LogP contribution in [0.1, 0.15) is 39.9 Å². The van der Waals surface area contributed by atoms with Crippen molar-refractivity contribution in [1.29, 1.82) is 0 Å². The van der Waals surface area contributed by atoms with Crippen molar-refractivity contribution in [2.75, 3.05) is 13.2 Å². The summed E-state index contributed by atoms with van der Waals surface area (Å²) in [6, 6.07) is 32.4. The van der Waals surface area contributed by atoms with E-state index in [0.717, 1.165) is 11.1 Å². The number of amides is 2. The Hall–Kier alpha value is -5.24. The lowest BCUT2D eigenvalue weighted by Crippen LogP contribution is -2.37. The number of hydrogen-bond acceptors (Lipinski definition) is 6. The number of hydrogen-bond donors (Lipinski definition) is 2. The summed E-state index contributed by atoms with van der Waals surface area (Å²) < 4.78 is 11.1. The van der Waals surface area contributed by atoms with Gasteiger partial charge in [-0.3, -0.25) is 9.59 Å². The lowest BCUT2D eigenvalue weighted by molar-refractivity contribution is -0.126. The number of rotatable bonds is 11. The van der Waals surface area contributed by atoms with E-state index in [1.165, 1.54) is 6.21 Å². The van der Waals surface area contributed by atoms with Gasteiger partial charge in [-0.05, 0) is 53.9 Å². The monoisotopic (exact) mass is 535 g/mol. The predicted molar refractivity (Wildman–Crippen MR) is 152 cm³/mol. The Bertz CT molecular complexity index is 1420. The Kier molecular flexibility index (Phi) is 9.77. The van der Waals surface area contributed by atoms with Crippen molar-refractivity contribution in [3.8, 4) is 11.5 Å². The normalized spacial score (nSPS) is 10.8. The minimum Gasteiger partial charge on any atom is -0.490 e. The van der Waals surface area contributed by atoms with E-state index < -0.39 is 17.8 Å². The fourth-order valence-corrected chi connectivity index (χ4v) is 3.96. The van der Waals surface area contributed by atoms with Crippen LogP contribution < -0.4 is 20.2 Å². The molecule has 2 N–H and O–H groups in total. The van der Waals surface area contributed by atoms with E-state index in [2.05, 4.69) is 15.8 Å². The van der Waals surface area contributed by atoms with Gasteiger partial charge in [-0.15, -0.1) is 0 Å². The summed E-state index contributed by atoms with van der Waals surface area (Å²) in [6.45, 7) is 1.93. The van der Waals surface area contributed by atoms with E-state index in [0.29, 0.717) is 23.5 Å². The number of nitrogens with one attached hydrogen (secondary N) is 2. The maximum absolute atomic E-state index is 13.1. The smallest absolute Gasteiger partial charge is 0.343 e. The number of carbonyl (C=O) groups excluding carboxylic acids is 3. The molecular formula is C32H29N3O5. The van der Waals surface area contributed by atoms with Crippen LogP contribution in [-0.2, 0) is 9.59 Å². The van der Waals surface area contributed by atoms with E-state index >= 15 is 0 Å². The van der Waals surface area contributed by atoms with Gasteiger partial charge in [0, 0.05) is 0 Å². The van der Waals surface area contributed by atoms with Gasteiger partial charge in [-0.1, -0.05) is 78.9 Å². The van der Waals surface area contributed by atoms with Crippen molar-refractivity contribution in [2.24, 2.45) is 5.10 Å². The van der Waals surface area contributed by atoms with Crippen LogP contribution in [-0.4, -0.2) is 37.1 Å². The van der Waals surface area contributed by atoms with Gasteiger partial charge in [0.25, 0.3) is 5.91 Å². The number of hydrazone groups is 1. The van der Waals surface area contributed by atoms with Crippen molar-refractivity contribution in [3.63, 3.8) is 0 Å². The molecule has 0 bridgehead atoms. The summed E-state index contributed by atoms with van der Waals surface area (Å²) in [5.41, 5.74) is 5.10. The molecule has 0 aliphatic carbocycles. The lowest BCUT2D eigenvalue weighted by atomic mass is 9.90. The Morgan fingerprint density at radius 3 is 2.00 bits per heavy atom. The molecule has 202 valence electrons.